The predicted molar refractivity (Wildman–Crippen MR) is 56.4 cm³/mol. The summed E-state index contributed by atoms with van der Waals surface area (Å²) in [6.07, 6.45) is 4.84. The molecule has 0 aromatic heterocycles. The summed E-state index contributed by atoms with van der Waals surface area (Å²) in [5, 5.41) is 0. The molecule has 3 heteroatoms. The minimum absolute atomic E-state index is 0.00935. The van der Waals surface area contributed by atoms with E-state index in [0.717, 1.165) is 25.7 Å². The molecule has 0 amide bonds. The van der Waals surface area contributed by atoms with E-state index in [4.69, 9.17) is 9.47 Å². The highest BCUT2D eigenvalue weighted by Gasteiger charge is 2.44. The highest BCUT2D eigenvalue weighted by atomic mass is 16.5. The summed E-state index contributed by atoms with van der Waals surface area (Å²) in [5.74, 6) is 0.492. The highest BCUT2D eigenvalue weighted by molar-refractivity contribution is 5.73. The molecule has 0 unspecified atom stereocenters. The number of fused-ring (bicyclic) bond motifs is 1. The third-order valence-electron chi connectivity index (χ3n) is 3.60. The number of rotatable bonds is 2. The molecule has 1 aliphatic carbocycles. The molecule has 1 heterocycles. The van der Waals surface area contributed by atoms with Gasteiger partial charge in [0.25, 0.3) is 0 Å². The Morgan fingerprint density at radius 3 is 3.00 bits per heavy atom. The molecular formula is C12H20O3. The molecule has 0 radical (unpaired) electrons. The lowest BCUT2D eigenvalue weighted by atomic mass is 9.76. The van der Waals surface area contributed by atoms with Crippen molar-refractivity contribution >= 4 is 5.97 Å². The van der Waals surface area contributed by atoms with Crippen LogP contribution < -0.4 is 0 Å². The van der Waals surface area contributed by atoms with Gasteiger partial charge in [-0.1, -0.05) is 0 Å². The molecule has 86 valence electrons. The van der Waals surface area contributed by atoms with E-state index in [2.05, 4.69) is 6.92 Å². The van der Waals surface area contributed by atoms with E-state index >= 15 is 0 Å². The molecule has 0 bridgehead atoms. The Bertz CT molecular complexity index is 239. The zero-order valence-electron chi connectivity index (χ0n) is 9.57. The van der Waals surface area contributed by atoms with Crippen LogP contribution in [0.2, 0.25) is 0 Å². The Hall–Kier alpha value is -0.570. The first-order valence-electron chi connectivity index (χ1n) is 6.04. The molecule has 2 aliphatic rings. The molecule has 2 rings (SSSR count). The summed E-state index contributed by atoms with van der Waals surface area (Å²) in [4.78, 5) is 11.8. The van der Waals surface area contributed by atoms with Crippen LogP contribution in [0, 0.1) is 11.8 Å². The van der Waals surface area contributed by atoms with Gasteiger partial charge in [0.1, 0.15) is 0 Å². The zero-order valence-corrected chi connectivity index (χ0v) is 9.57. The van der Waals surface area contributed by atoms with Crippen LogP contribution >= 0.6 is 0 Å². The van der Waals surface area contributed by atoms with Gasteiger partial charge in [-0.2, -0.15) is 0 Å². The smallest absolute Gasteiger partial charge is 0.309 e. The molecule has 1 saturated carbocycles. The van der Waals surface area contributed by atoms with Gasteiger partial charge in [0.15, 0.2) is 0 Å². The van der Waals surface area contributed by atoms with E-state index < -0.39 is 0 Å². The standard InChI is InChI=1S/C12H20O3/c1-3-14-12(13)9-5-4-6-11-10(9)7-8(2)15-11/h8-11H,3-7H2,1-2H3/t8-,9+,10+,11+/m0/s1. The van der Waals surface area contributed by atoms with Gasteiger partial charge in [-0.15, -0.1) is 0 Å². The van der Waals surface area contributed by atoms with Gasteiger partial charge in [0.05, 0.1) is 24.7 Å². The van der Waals surface area contributed by atoms with E-state index in [1.807, 2.05) is 6.92 Å². The van der Waals surface area contributed by atoms with E-state index in [1.54, 1.807) is 0 Å². The van der Waals surface area contributed by atoms with Crippen molar-refractivity contribution < 1.29 is 14.3 Å². The third kappa shape index (κ3) is 2.17. The molecule has 0 spiro atoms. The normalized spacial score (nSPS) is 39.9. The largest absolute Gasteiger partial charge is 0.466 e. The Balaban J connectivity index is 2.02. The van der Waals surface area contributed by atoms with Crippen molar-refractivity contribution in [2.75, 3.05) is 6.61 Å². The number of ether oxygens (including phenoxy) is 2. The fourth-order valence-electron chi connectivity index (χ4n) is 2.99. The molecule has 4 atom stereocenters. The van der Waals surface area contributed by atoms with Crippen LogP contribution in [0.5, 0.6) is 0 Å². The zero-order chi connectivity index (χ0) is 10.8. The highest BCUT2D eigenvalue weighted by Crippen LogP contribution is 2.41. The second kappa shape index (κ2) is 4.52. The summed E-state index contributed by atoms with van der Waals surface area (Å²) in [5.41, 5.74) is 0. The Kier molecular flexibility index (Phi) is 3.29. The first kappa shape index (κ1) is 10.9. The lowest BCUT2D eigenvalue weighted by Crippen LogP contribution is -2.35. The van der Waals surface area contributed by atoms with E-state index in [9.17, 15) is 4.79 Å². The molecule has 0 N–H and O–H groups in total. The van der Waals surface area contributed by atoms with Gasteiger partial charge in [0, 0.05) is 5.92 Å². The fraction of sp³-hybridized carbons (Fsp3) is 0.917. The van der Waals surface area contributed by atoms with Crippen molar-refractivity contribution in [2.45, 2.75) is 51.7 Å². The SMILES string of the molecule is CCOC(=O)[C@@H]1CCC[C@H]2O[C@@H](C)C[C@@H]21. The molecular weight excluding hydrogens is 192 g/mol. The first-order valence-corrected chi connectivity index (χ1v) is 6.04. The van der Waals surface area contributed by atoms with Crippen LogP contribution in [-0.4, -0.2) is 24.8 Å². The lowest BCUT2D eigenvalue weighted by molar-refractivity contribution is -0.152. The van der Waals surface area contributed by atoms with Crippen LogP contribution in [0.25, 0.3) is 0 Å². The molecule has 0 aromatic carbocycles. The second-order valence-corrected chi connectivity index (χ2v) is 4.67. The van der Waals surface area contributed by atoms with Gasteiger partial charge in [0.2, 0.25) is 0 Å². The van der Waals surface area contributed by atoms with Crippen molar-refractivity contribution in [1.29, 1.82) is 0 Å². The second-order valence-electron chi connectivity index (χ2n) is 4.67. The lowest BCUT2D eigenvalue weighted by Gasteiger charge is -2.30. The monoisotopic (exact) mass is 212 g/mol. The van der Waals surface area contributed by atoms with Crippen LogP contribution in [0.1, 0.15) is 39.5 Å². The fourth-order valence-corrected chi connectivity index (χ4v) is 2.99. The Labute approximate surface area is 91.1 Å². The summed E-state index contributed by atoms with van der Waals surface area (Å²) in [7, 11) is 0. The van der Waals surface area contributed by atoms with Crippen molar-refractivity contribution in [3.63, 3.8) is 0 Å². The number of carbonyl (C=O) groups excluding carboxylic acids is 1. The molecule has 1 saturated heterocycles. The Morgan fingerprint density at radius 2 is 2.27 bits per heavy atom. The van der Waals surface area contributed by atoms with Crippen molar-refractivity contribution in [3.05, 3.63) is 0 Å². The maximum Gasteiger partial charge on any atom is 0.309 e. The van der Waals surface area contributed by atoms with Crippen molar-refractivity contribution in [1.82, 2.24) is 0 Å². The maximum absolute atomic E-state index is 11.8. The van der Waals surface area contributed by atoms with Gasteiger partial charge >= 0.3 is 5.97 Å². The van der Waals surface area contributed by atoms with E-state index in [-0.39, 0.29) is 11.9 Å². The number of hydrogen-bond acceptors (Lipinski definition) is 3. The van der Waals surface area contributed by atoms with Crippen LogP contribution in [0.4, 0.5) is 0 Å². The predicted octanol–water partition coefficient (Wildman–Crippen LogP) is 2.14. The van der Waals surface area contributed by atoms with Crippen LogP contribution in [0.3, 0.4) is 0 Å². The molecule has 15 heavy (non-hydrogen) atoms. The summed E-state index contributed by atoms with van der Waals surface area (Å²) in [6.45, 7) is 4.45. The van der Waals surface area contributed by atoms with Crippen LogP contribution in [0.15, 0.2) is 0 Å². The van der Waals surface area contributed by atoms with Gasteiger partial charge in [-0.05, 0) is 39.5 Å². The van der Waals surface area contributed by atoms with Gasteiger partial charge in [-0.25, -0.2) is 0 Å². The van der Waals surface area contributed by atoms with Crippen molar-refractivity contribution in [3.8, 4) is 0 Å². The Morgan fingerprint density at radius 1 is 1.47 bits per heavy atom. The topological polar surface area (TPSA) is 35.5 Å². The quantitative estimate of drug-likeness (QED) is 0.658. The minimum Gasteiger partial charge on any atom is -0.466 e. The van der Waals surface area contributed by atoms with Crippen molar-refractivity contribution in [2.24, 2.45) is 11.8 Å². The summed E-state index contributed by atoms with van der Waals surface area (Å²) < 4.78 is 10.9. The van der Waals surface area contributed by atoms with Gasteiger partial charge in [-0.3, -0.25) is 4.79 Å². The van der Waals surface area contributed by atoms with Gasteiger partial charge < -0.3 is 9.47 Å². The summed E-state index contributed by atoms with van der Waals surface area (Å²) >= 11 is 0. The molecule has 0 aromatic rings. The van der Waals surface area contributed by atoms with E-state index in [1.165, 1.54) is 0 Å². The first-order chi connectivity index (χ1) is 7.22. The average molecular weight is 212 g/mol. The molecule has 2 fully saturated rings. The number of esters is 1. The minimum atomic E-state index is -0.00935. The molecule has 1 aliphatic heterocycles. The van der Waals surface area contributed by atoms with Crippen LogP contribution in [-0.2, 0) is 14.3 Å². The molecule has 3 nitrogen and oxygen atoms in total. The maximum atomic E-state index is 11.8. The summed E-state index contributed by atoms with van der Waals surface area (Å²) in [6, 6.07) is 0. The third-order valence-corrected chi connectivity index (χ3v) is 3.60. The van der Waals surface area contributed by atoms with E-state index in [0.29, 0.717) is 24.7 Å². The number of carbonyl (C=O) groups is 1. The number of hydrogen-bond donors (Lipinski definition) is 0. The average Bonchev–Trinajstić information content (AvgIpc) is 2.57.